The minimum Gasteiger partial charge on any atom is -0.468 e. The van der Waals surface area contributed by atoms with Crippen LogP contribution in [0.5, 0.6) is 0 Å². The lowest BCUT2D eigenvalue weighted by atomic mass is 10.0. The molecular weight excluding hydrogens is 226 g/mol. The summed E-state index contributed by atoms with van der Waals surface area (Å²) in [7, 11) is 1.48. The Balaban J connectivity index is 2.50. The highest BCUT2D eigenvalue weighted by Crippen LogP contribution is 2.23. The second-order valence-electron chi connectivity index (χ2n) is 6.18. The molecule has 106 valence electrons. The van der Waals surface area contributed by atoms with Crippen LogP contribution in [-0.2, 0) is 9.53 Å². The van der Waals surface area contributed by atoms with Crippen LogP contribution in [0.3, 0.4) is 0 Å². The van der Waals surface area contributed by atoms with Crippen LogP contribution in [0.2, 0.25) is 0 Å². The molecule has 3 nitrogen and oxygen atoms in total. The number of hydrogen-bond acceptors (Lipinski definition) is 3. The first-order valence-corrected chi connectivity index (χ1v) is 7.36. The Kier molecular flexibility index (Phi) is 6.69. The van der Waals surface area contributed by atoms with E-state index in [2.05, 4.69) is 26.1 Å². The molecule has 1 aliphatic rings. The molecule has 0 heterocycles. The van der Waals surface area contributed by atoms with Crippen molar-refractivity contribution in [3.63, 3.8) is 0 Å². The third kappa shape index (κ3) is 5.38. The minimum absolute atomic E-state index is 0.110. The zero-order valence-corrected chi connectivity index (χ0v) is 12.4. The molecule has 0 saturated heterocycles. The maximum atomic E-state index is 11.8. The van der Waals surface area contributed by atoms with Crippen molar-refractivity contribution in [1.29, 1.82) is 0 Å². The lowest BCUT2D eigenvalue weighted by Crippen LogP contribution is -2.44. The quantitative estimate of drug-likeness (QED) is 0.606. The maximum absolute atomic E-state index is 11.8. The van der Waals surface area contributed by atoms with Crippen LogP contribution in [0.25, 0.3) is 0 Å². The fourth-order valence-electron chi connectivity index (χ4n) is 2.78. The summed E-state index contributed by atoms with van der Waals surface area (Å²) in [5.41, 5.74) is 0. The summed E-state index contributed by atoms with van der Waals surface area (Å²) >= 11 is 0. The second-order valence-corrected chi connectivity index (χ2v) is 6.18. The SMILES string of the molecule is COC(=O)C(CC(C)C)NC1CCCC(C)CC1. The molecule has 18 heavy (non-hydrogen) atoms. The lowest BCUT2D eigenvalue weighted by molar-refractivity contribution is -0.143. The molecule has 1 aliphatic carbocycles. The molecule has 1 fully saturated rings. The topological polar surface area (TPSA) is 38.3 Å². The van der Waals surface area contributed by atoms with E-state index in [0.717, 1.165) is 12.3 Å². The summed E-state index contributed by atoms with van der Waals surface area (Å²) in [6, 6.07) is 0.353. The van der Waals surface area contributed by atoms with Crippen LogP contribution in [0.4, 0.5) is 0 Å². The molecule has 1 N–H and O–H groups in total. The standard InChI is InChI=1S/C15H29NO2/c1-11(2)10-14(15(17)18-4)16-13-7-5-6-12(3)8-9-13/h11-14,16H,5-10H2,1-4H3. The molecule has 3 heteroatoms. The van der Waals surface area contributed by atoms with Crippen molar-refractivity contribution in [2.45, 2.75) is 71.4 Å². The van der Waals surface area contributed by atoms with E-state index < -0.39 is 0 Å². The van der Waals surface area contributed by atoms with Crippen molar-refractivity contribution in [2.24, 2.45) is 11.8 Å². The highest BCUT2D eigenvalue weighted by Gasteiger charge is 2.25. The summed E-state index contributed by atoms with van der Waals surface area (Å²) < 4.78 is 4.91. The second kappa shape index (κ2) is 7.78. The number of nitrogens with one attached hydrogen (secondary N) is 1. The van der Waals surface area contributed by atoms with Crippen molar-refractivity contribution in [1.82, 2.24) is 5.32 Å². The van der Waals surface area contributed by atoms with Crippen molar-refractivity contribution in [3.8, 4) is 0 Å². The zero-order valence-electron chi connectivity index (χ0n) is 12.4. The van der Waals surface area contributed by atoms with Gasteiger partial charge in [0.05, 0.1) is 7.11 Å². The molecule has 3 atom stereocenters. The highest BCUT2D eigenvalue weighted by atomic mass is 16.5. The van der Waals surface area contributed by atoms with Crippen LogP contribution in [0, 0.1) is 11.8 Å². The number of esters is 1. The van der Waals surface area contributed by atoms with Gasteiger partial charge >= 0.3 is 5.97 Å². The number of hydrogen-bond donors (Lipinski definition) is 1. The van der Waals surface area contributed by atoms with Gasteiger partial charge in [-0.15, -0.1) is 0 Å². The molecule has 0 aromatic rings. The van der Waals surface area contributed by atoms with Crippen molar-refractivity contribution >= 4 is 5.97 Å². The van der Waals surface area contributed by atoms with Gasteiger partial charge in [0.1, 0.15) is 6.04 Å². The molecule has 1 saturated carbocycles. The van der Waals surface area contributed by atoms with Crippen molar-refractivity contribution < 1.29 is 9.53 Å². The van der Waals surface area contributed by atoms with Gasteiger partial charge in [0.25, 0.3) is 0 Å². The number of carbonyl (C=O) groups excluding carboxylic acids is 1. The summed E-state index contributed by atoms with van der Waals surface area (Å²) in [5, 5.41) is 3.52. The van der Waals surface area contributed by atoms with Crippen LogP contribution in [0.1, 0.15) is 59.3 Å². The largest absolute Gasteiger partial charge is 0.468 e. The van der Waals surface area contributed by atoms with E-state index in [9.17, 15) is 4.79 Å². The van der Waals surface area contributed by atoms with Gasteiger partial charge in [-0.25, -0.2) is 0 Å². The van der Waals surface area contributed by atoms with Crippen LogP contribution in [-0.4, -0.2) is 25.2 Å². The molecule has 0 aliphatic heterocycles. The monoisotopic (exact) mass is 255 g/mol. The Hall–Kier alpha value is -0.570. The Labute approximate surface area is 112 Å². The smallest absolute Gasteiger partial charge is 0.322 e. The fourth-order valence-corrected chi connectivity index (χ4v) is 2.78. The van der Waals surface area contributed by atoms with E-state index in [-0.39, 0.29) is 12.0 Å². The third-order valence-electron chi connectivity index (χ3n) is 3.89. The van der Waals surface area contributed by atoms with E-state index in [0.29, 0.717) is 12.0 Å². The summed E-state index contributed by atoms with van der Waals surface area (Å²) in [4.78, 5) is 11.8. The Morgan fingerprint density at radius 1 is 1.28 bits per heavy atom. The molecule has 0 radical (unpaired) electrons. The predicted octanol–water partition coefficient (Wildman–Crippen LogP) is 3.13. The van der Waals surface area contributed by atoms with E-state index in [4.69, 9.17) is 4.74 Å². The van der Waals surface area contributed by atoms with E-state index in [1.54, 1.807) is 0 Å². The summed E-state index contributed by atoms with van der Waals surface area (Å²) in [6.45, 7) is 6.62. The van der Waals surface area contributed by atoms with Crippen molar-refractivity contribution in [2.75, 3.05) is 7.11 Å². The number of ether oxygens (including phenoxy) is 1. The van der Waals surface area contributed by atoms with Gasteiger partial charge in [0.15, 0.2) is 0 Å². The first-order valence-electron chi connectivity index (χ1n) is 7.36. The molecule has 0 aromatic heterocycles. The van der Waals surface area contributed by atoms with Gasteiger partial charge in [0, 0.05) is 6.04 Å². The van der Waals surface area contributed by atoms with Gasteiger partial charge in [-0.3, -0.25) is 4.79 Å². The van der Waals surface area contributed by atoms with Gasteiger partial charge in [-0.2, -0.15) is 0 Å². The predicted molar refractivity (Wildman–Crippen MR) is 74.4 cm³/mol. The molecule has 3 unspecified atom stereocenters. The molecule has 0 bridgehead atoms. The van der Waals surface area contributed by atoms with Crippen LogP contribution in [0.15, 0.2) is 0 Å². The zero-order chi connectivity index (χ0) is 13.5. The number of carbonyl (C=O) groups is 1. The Morgan fingerprint density at radius 3 is 2.61 bits per heavy atom. The third-order valence-corrected chi connectivity index (χ3v) is 3.89. The van der Waals surface area contributed by atoms with Crippen LogP contribution >= 0.6 is 0 Å². The normalized spacial score (nSPS) is 26.7. The van der Waals surface area contributed by atoms with Crippen LogP contribution < -0.4 is 5.32 Å². The average Bonchev–Trinajstić information content (AvgIpc) is 2.52. The van der Waals surface area contributed by atoms with E-state index in [1.807, 2.05) is 0 Å². The molecular formula is C15H29NO2. The van der Waals surface area contributed by atoms with Gasteiger partial charge in [-0.05, 0) is 37.5 Å². The molecule has 0 amide bonds. The maximum Gasteiger partial charge on any atom is 0.322 e. The first kappa shape index (κ1) is 15.5. The fraction of sp³-hybridized carbons (Fsp3) is 0.933. The molecule has 0 spiro atoms. The minimum atomic E-state index is -0.131. The number of methoxy groups -OCH3 is 1. The van der Waals surface area contributed by atoms with E-state index in [1.165, 1.54) is 39.2 Å². The van der Waals surface area contributed by atoms with Crippen molar-refractivity contribution in [3.05, 3.63) is 0 Å². The number of rotatable bonds is 5. The Morgan fingerprint density at radius 2 is 2.00 bits per heavy atom. The summed E-state index contributed by atoms with van der Waals surface area (Å²) in [5.74, 6) is 1.23. The van der Waals surface area contributed by atoms with E-state index >= 15 is 0 Å². The average molecular weight is 255 g/mol. The van der Waals surface area contributed by atoms with Gasteiger partial charge < -0.3 is 10.1 Å². The summed E-state index contributed by atoms with van der Waals surface area (Å²) in [6.07, 6.45) is 7.11. The first-order chi connectivity index (χ1) is 8.52. The highest BCUT2D eigenvalue weighted by molar-refractivity contribution is 5.75. The molecule has 0 aromatic carbocycles. The lowest BCUT2D eigenvalue weighted by Gasteiger charge is -2.24. The Bertz CT molecular complexity index is 253. The molecule has 1 rings (SSSR count). The van der Waals surface area contributed by atoms with Gasteiger partial charge in [0.2, 0.25) is 0 Å². The van der Waals surface area contributed by atoms with Gasteiger partial charge in [-0.1, -0.05) is 33.6 Å².